The number of aliphatic hydroxyl groups is 2. The number of hydrogen-bond acceptors (Lipinski definition) is 7. The number of phosphoric acid groups is 1. The van der Waals surface area contributed by atoms with Gasteiger partial charge in [0, 0.05) is 6.42 Å². The molecule has 0 bridgehead atoms. The monoisotopic (exact) mass is 691 g/mol. The van der Waals surface area contributed by atoms with Gasteiger partial charge in [0.1, 0.15) is 19.3 Å². The minimum absolute atomic E-state index is 0.0438. The van der Waals surface area contributed by atoms with E-state index in [1.807, 2.05) is 21.1 Å². The second-order valence-electron chi connectivity index (χ2n) is 14.4. The van der Waals surface area contributed by atoms with E-state index in [0.717, 1.165) is 32.1 Å². The van der Waals surface area contributed by atoms with Crippen molar-refractivity contribution in [3.8, 4) is 0 Å². The summed E-state index contributed by atoms with van der Waals surface area (Å²) in [6, 6.07) is -1.08. The van der Waals surface area contributed by atoms with Crippen molar-refractivity contribution in [3.63, 3.8) is 0 Å². The highest BCUT2D eigenvalue weighted by Gasteiger charge is 2.29. The summed E-state index contributed by atoms with van der Waals surface area (Å²) in [4.78, 5) is 25.2. The second-order valence-corrected chi connectivity index (χ2v) is 15.8. The summed E-state index contributed by atoms with van der Waals surface area (Å²) in [6.07, 6.45) is 26.8. The van der Waals surface area contributed by atoms with Crippen molar-refractivity contribution in [2.45, 2.75) is 180 Å². The normalized spacial score (nSPS) is 15.5. The van der Waals surface area contributed by atoms with Crippen LogP contribution in [0.25, 0.3) is 0 Å². The number of allylic oxidation sites excluding steroid dienone is 2. The molecule has 0 aromatic heterocycles. The third kappa shape index (κ3) is 31.0. The number of likely N-dealkylation sites (N-methyl/N-ethyl adjacent to an activating group) is 1. The first-order chi connectivity index (χ1) is 22.4. The van der Waals surface area contributed by atoms with Crippen LogP contribution in [0.2, 0.25) is 0 Å². The van der Waals surface area contributed by atoms with E-state index in [4.69, 9.17) is 9.05 Å². The Labute approximate surface area is 289 Å². The lowest BCUT2D eigenvalue weighted by atomic mass is 10.0. The van der Waals surface area contributed by atoms with Crippen molar-refractivity contribution >= 4 is 13.7 Å². The maximum Gasteiger partial charge on any atom is 0.268 e. The van der Waals surface area contributed by atoms with Crippen molar-refractivity contribution < 1.29 is 38.0 Å². The average molecular weight is 691 g/mol. The number of hydrogen-bond donors (Lipinski definition) is 3. The molecule has 3 N–H and O–H groups in total. The van der Waals surface area contributed by atoms with E-state index in [-0.39, 0.29) is 18.9 Å². The van der Waals surface area contributed by atoms with Crippen LogP contribution in [0, 0.1) is 0 Å². The van der Waals surface area contributed by atoms with Gasteiger partial charge in [-0.2, -0.15) is 0 Å². The largest absolute Gasteiger partial charge is 0.756 e. The highest BCUT2D eigenvalue weighted by Crippen LogP contribution is 2.38. The van der Waals surface area contributed by atoms with Crippen molar-refractivity contribution in [1.82, 2.24) is 5.32 Å². The quantitative estimate of drug-likeness (QED) is 0.0270. The molecule has 4 unspecified atom stereocenters. The minimum Gasteiger partial charge on any atom is -0.756 e. The molecule has 47 heavy (non-hydrogen) atoms. The highest BCUT2D eigenvalue weighted by atomic mass is 31.2. The van der Waals surface area contributed by atoms with Crippen LogP contribution in [0.5, 0.6) is 0 Å². The van der Waals surface area contributed by atoms with E-state index in [2.05, 4.69) is 31.3 Å². The molecule has 9 nitrogen and oxygen atoms in total. The first kappa shape index (κ1) is 46.2. The van der Waals surface area contributed by atoms with Crippen molar-refractivity contribution in [3.05, 3.63) is 12.2 Å². The molecular formula is C37H75N2O7P. The lowest BCUT2D eigenvalue weighted by Crippen LogP contribution is -2.51. The number of rotatable bonds is 34. The Morgan fingerprint density at radius 1 is 0.745 bits per heavy atom. The number of nitrogens with one attached hydrogen (secondary N) is 1. The van der Waals surface area contributed by atoms with E-state index in [9.17, 15) is 24.5 Å². The number of phosphoric ester groups is 1. The molecule has 280 valence electrons. The number of quaternary nitrogens is 1. The van der Waals surface area contributed by atoms with Crippen LogP contribution in [0.3, 0.4) is 0 Å². The number of carbonyl (C=O) groups is 1. The number of carbonyl (C=O) groups excluding carboxylic acids is 1. The fraction of sp³-hybridized carbons (Fsp3) is 0.919. The zero-order valence-corrected chi connectivity index (χ0v) is 32.0. The second kappa shape index (κ2) is 30.1. The molecule has 0 aromatic carbocycles. The van der Waals surface area contributed by atoms with Crippen LogP contribution in [0.15, 0.2) is 12.2 Å². The molecule has 1 amide bonds. The van der Waals surface area contributed by atoms with Crippen LogP contribution in [0.1, 0.15) is 162 Å². The van der Waals surface area contributed by atoms with Gasteiger partial charge in [0.15, 0.2) is 0 Å². The highest BCUT2D eigenvalue weighted by molar-refractivity contribution is 7.45. The van der Waals surface area contributed by atoms with Crippen molar-refractivity contribution in [2.24, 2.45) is 0 Å². The number of nitrogens with zero attached hydrogens (tertiary/aromatic N) is 1. The van der Waals surface area contributed by atoms with Crippen LogP contribution >= 0.6 is 7.82 Å². The summed E-state index contributed by atoms with van der Waals surface area (Å²) in [5, 5.41) is 24.4. The standard InChI is InChI=1S/C37H75N2O7P/c1-6-8-10-12-14-16-18-20-21-23-25-27-29-35(40)37(42)34(33-46-47(43,44)45-32-31-39(3,4)5)38-36(41)30-28-26-24-22-19-17-15-13-11-9-7-2/h21,23,34-35,37,40,42H,6-20,22,24-33H2,1-5H3,(H-,38,41,43,44)/b23-21+. The van der Waals surface area contributed by atoms with Crippen LogP contribution in [-0.2, 0) is 18.4 Å². The van der Waals surface area contributed by atoms with Crippen molar-refractivity contribution in [2.75, 3.05) is 40.9 Å². The van der Waals surface area contributed by atoms with Gasteiger partial charge >= 0.3 is 0 Å². The van der Waals surface area contributed by atoms with Crippen LogP contribution in [-0.4, -0.2) is 79.8 Å². The van der Waals surface area contributed by atoms with Gasteiger partial charge in [-0.25, -0.2) is 0 Å². The smallest absolute Gasteiger partial charge is 0.268 e. The maximum absolute atomic E-state index is 12.8. The molecule has 0 saturated heterocycles. The molecular weight excluding hydrogens is 615 g/mol. The number of aliphatic hydroxyl groups excluding tert-OH is 2. The molecule has 0 saturated carbocycles. The molecule has 10 heteroatoms. The van der Waals surface area contributed by atoms with Gasteiger partial charge in [0.25, 0.3) is 7.82 Å². The van der Waals surface area contributed by atoms with Gasteiger partial charge in [-0.1, -0.05) is 129 Å². The third-order valence-corrected chi connectivity index (χ3v) is 9.56. The molecule has 0 aliphatic heterocycles. The summed E-state index contributed by atoms with van der Waals surface area (Å²) in [7, 11) is 1.11. The fourth-order valence-electron chi connectivity index (χ4n) is 5.43. The van der Waals surface area contributed by atoms with E-state index < -0.39 is 32.7 Å². The van der Waals surface area contributed by atoms with Crippen molar-refractivity contribution in [1.29, 1.82) is 0 Å². The third-order valence-electron chi connectivity index (χ3n) is 8.60. The van der Waals surface area contributed by atoms with Crippen LogP contribution in [0.4, 0.5) is 0 Å². The maximum atomic E-state index is 12.8. The lowest BCUT2D eigenvalue weighted by Gasteiger charge is -2.31. The summed E-state index contributed by atoms with van der Waals surface area (Å²) in [5.74, 6) is -0.291. The Balaban J connectivity index is 4.67. The Hall–Kier alpha value is -0.800. The first-order valence-corrected chi connectivity index (χ1v) is 20.6. The van der Waals surface area contributed by atoms with Gasteiger partial charge in [0.2, 0.25) is 5.91 Å². The predicted octanol–water partition coefficient (Wildman–Crippen LogP) is 7.97. The van der Waals surface area contributed by atoms with Gasteiger partial charge in [-0.05, 0) is 38.5 Å². The molecule has 0 rings (SSSR count). The Morgan fingerprint density at radius 3 is 1.72 bits per heavy atom. The zero-order valence-electron chi connectivity index (χ0n) is 31.1. The average Bonchev–Trinajstić information content (AvgIpc) is 3.01. The van der Waals surface area contributed by atoms with Gasteiger partial charge in [-0.15, -0.1) is 0 Å². The van der Waals surface area contributed by atoms with E-state index >= 15 is 0 Å². The topological polar surface area (TPSA) is 128 Å². The number of unbranched alkanes of at least 4 members (excludes halogenated alkanes) is 18. The molecule has 0 heterocycles. The van der Waals surface area contributed by atoms with Gasteiger partial charge < -0.3 is 34.0 Å². The zero-order chi connectivity index (χ0) is 35.2. The molecule has 0 aromatic rings. The molecule has 4 atom stereocenters. The Morgan fingerprint density at radius 2 is 1.21 bits per heavy atom. The Kier molecular flexibility index (Phi) is 29.5. The molecule has 0 aliphatic rings. The van der Waals surface area contributed by atoms with E-state index in [0.29, 0.717) is 30.3 Å². The van der Waals surface area contributed by atoms with E-state index in [1.165, 1.54) is 89.9 Å². The fourth-order valence-corrected chi connectivity index (χ4v) is 6.15. The minimum atomic E-state index is -4.66. The lowest BCUT2D eigenvalue weighted by molar-refractivity contribution is -0.870. The summed E-state index contributed by atoms with van der Waals surface area (Å²) < 4.78 is 23.0. The molecule has 0 radical (unpaired) electrons. The van der Waals surface area contributed by atoms with Gasteiger partial charge in [-0.3, -0.25) is 9.36 Å². The summed E-state index contributed by atoms with van der Waals surface area (Å²) >= 11 is 0. The van der Waals surface area contributed by atoms with E-state index in [1.54, 1.807) is 0 Å². The SMILES string of the molecule is CCCCCCCCC/C=C/CCCC(O)C(O)C(COP(=O)([O-])OCC[N+](C)(C)C)NC(=O)CCCCCCCCCCCCC. The summed E-state index contributed by atoms with van der Waals surface area (Å²) in [6.45, 7) is 4.37. The first-order valence-electron chi connectivity index (χ1n) is 19.1. The number of amides is 1. The predicted molar refractivity (Wildman–Crippen MR) is 193 cm³/mol. The summed E-state index contributed by atoms with van der Waals surface area (Å²) in [5.41, 5.74) is 0. The Bertz CT molecular complexity index is 806. The molecule has 0 aliphatic carbocycles. The molecule has 0 fully saturated rings. The van der Waals surface area contributed by atoms with Crippen LogP contribution < -0.4 is 10.2 Å². The molecule has 0 spiro atoms. The van der Waals surface area contributed by atoms with Gasteiger partial charge in [0.05, 0.1) is 39.9 Å².